The van der Waals surface area contributed by atoms with Crippen molar-refractivity contribution in [2.24, 2.45) is 7.05 Å². The van der Waals surface area contributed by atoms with E-state index in [1.54, 1.807) is 35.1 Å². The molecule has 9 heteroatoms. The Morgan fingerprint density at radius 3 is 2.67 bits per heavy atom. The third-order valence-corrected chi connectivity index (χ3v) is 7.69. The van der Waals surface area contributed by atoms with Crippen molar-refractivity contribution in [1.82, 2.24) is 19.7 Å². The Morgan fingerprint density at radius 2 is 1.95 bits per heavy atom. The summed E-state index contributed by atoms with van der Waals surface area (Å²) in [6, 6.07) is 18.2. The number of aromatic nitrogens is 3. The number of aryl methyl sites for hydroxylation is 2. The van der Waals surface area contributed by atoms with Crippen molar-refractivity contribution in [3.63, 3.8) is 0 Å². The van der Waals surface area contributed by atoms with Gasteiger partial charge in [-0.25, -0.2) is 0 Å². The van der Waals surface area contributed by atoms with Gasteiger partial charge in [-0.05, 0) is 70.5 Å². The second-order valence-corrected chi connectivity index (χ2v) is 10.9. The number of rotatable bonds is 9. The van der Waals surface area contributed by atoms with Crippen LogP contribution in [0.5, 0.6) is 0 Å². The Balaban J connectivity index is 1.51. The number of aliphatic hydroxyl groups excluding tert-OH is 1. The van der Waals surface area contributed by atoms with Crippen LogP contribution in [0.1, 0.15) is 41.1 Å². The number of nitrogens with one attached hydrogen (secondary N) is 2. The van der Waals surface area contributed by atoms with Crippen LogP contribution in [0.15, 0.2) is 84.0 Å². The lowest BCUT2D eigenvalue weighted by Gasteiger charge is -2.27. The van der Waals surface area contributed by atoms with Crippen LogP contribution in [0, 0.1) is 6.92 Å². The number of H-pyrrole nitrogens is 1. The quantitative estimate of drug-likeness (QED) is 0.192. The van der Waals surface area contributed by atoms with Crippen LogP contribution in [-0.2, 0) is 18.4 Å². The normalized spacial score (nSPS) is 12.7. The van der Waals surface area contributed by atoms with Gasteiger partial charge in [-0.2, -0.15) is 5.10 Å². The first-order valence-electron chi connectivity index (χ1n) is 13.9. The third-order valence-electron chi connectivity index (χ3n) is 7.69. The molecule has 2 atom stereocenters. The topological polar surface area (TPSA) is 129 Å². The van der Waals surface area contributed by atoms with Crippen LogP contribution in [0.3, 0.4) is 0 Å². The number of benzene rings is 3. The fourth-order valence-electron chi connectivity index (χ4n) is 5.40. The molecule has 0 saturated carbocycles. The van der Waals surface area contributed by atoms with Crippen LogP contribution in [0.2, 0.25) is 0 Å². The molecule has 5 rings (SSSR count). The molecular weight excluding hydrogens is 528 g/mol. The molecule has 1 amide bonds. The largest absolute Gasteiger partial charge is 0.399 e. The number of fused-ring (bicyclic) bond motifs is 1. The number of carbonyl (C=O) groups is 1. The Kier molecular flexibility index (Phi) is 8.13. The summed E-state index contributed by atoms with van der Waals surface area (Å²) in [4.78, 5) is 31.1. The van der Waals surface area contributed by atoms with Crippen LogP contribution >= 0.6 is 0 Å². The lowest BCUT2D eigenvalue weighted by Crippen LogP contribution is -2.35. The fraction of sp³-hybridized carbons (Fsp3) is 0.242. The minimum Gasteiger partial charge on any atom is -0.399 e. The highest BCUT2D eigenvalue weighted by molar-refractivity contribution is 5.89. The number of nitrogen functional groups attached to an aromatic ring is 1. The number of nitrogens with zero attached hydrogens (tertiary/aromatic N) is 3. The molecule has 5 N–H and O–H groups in total. The summed E-state index contributed by atoms with van der Waals surface area (Å²) in [7, 11) is 3.63. The van der Waals surface area contributed by atoms with Crippen LogP contribution in [-0.4, -0.2) is 44.3 Å². The Hall–Kier alpha value is -4.89. The van der Waals surface area contributed by atoms with E-state index >= 15 is 0 Å². The summed E-state index contributed by atoms with van der Waals surface area (Å²) in [5.41, 5.74) is 12.8. The van der Waals surface area contributed by atoms with E-state index in [9.17, 15) is 14.7 Å². The molecule has 216 valence electrons. The summed E-state index contributed by atoms with van der Waals surface area (Å²) in [5.74, 6) is -0.176. The molecular formula is C33H36N6O3. The predicted molar refractivity (Wildman–Crippen MR) is 167 cm³/mol. The first-order chi connectivity index (χ1) is 20.1. The lowest BCUT2D eigenvalue weighted by atomic mass is 9.93. The van der Waals surface area contributed by atoms with E-state index in [4.69, 9.17) is 5.73 Å². The van der Waals surface area contributed by atoms with Gasteiger partial charge in [0.15, 0.2) is 0 Å². The minimum atomic E-state index is -0.740. The molecule has 0 aliphatic heterocycles. The predicted octanol–water partition coefficient (Wildman–Crippen LogP) is 4.73. The molecule has 2 aromatic heterocycles. The van der Waals surface area contributed by atoms with Gasteiger partial charge in [0.2, 0.25) is 5.91 Å². The van der Waals surface area contributed by atoms with Crippen molar-refractivity contribution >= 4 is 28.1 Å². The summed E-state index contributed by atoms with van der Waals surface area (Å²) in [6.45, 7) is 4.31. The zero-order valence-electron chi connectivity index (χ0n) is 24.3. The standard InChI is InChI=1S/C33H36N6O3/c1-20-13-23(6-9-28(20)21(2)19-40)31(37-27-8-5-22-11-12-35-32(41)30(22)15-27)33(42)38(3)17-24-14-26(34)7-10-29(24)25-16-36-39(4)18-25/h5-16,18,21,31,37,40H,17,19,34H2,1-4H3,(H,35,41)/t21-,31?/m0/s1. The van der Waals surface area contributed by atoms with Crippen molar-refractivity contribution in [3.8, 4) is 11.1 Å². The maximum Gasteiger partial charge on any atom is 0.255 e. The molecule has 2 heterocycles. The fourth-order valence-corrected chi connectivity index (χ4v) is 5.40. The van der Waals surface area contributed by atoms with Crippen molar-refractivity contribution in [2.75, 3.05) is 24.7 Å². The number of carbonyl (C=O) groups excluding carboxylic acids is 1. The maximum absolute atomic E-state index is 14.2. The number of pyridine rings is 1. The molecule has 3 aromatic carbocycles. The molecule has 42 heavy (non-hydrogen) atoms. The average molecular weight is 565 g/mol. The highest BCUT2D eigenvalue weighted by atomic mass is 16.3. The first-order valence-corrected chi connectivity index (χ1v) is 13.9. The Morgan fingerprint density at radius 1 is 1.14 bits per heavy atom. The van der Waals surface area contributed by atoms with Gasteiger partial charge >= 0.3 is 0 Å². The lowest BCUT2D eigenvalue weighted by molar-refractivity contribution is -0.131. The highest BCUT2D eigenvalue weighted by Crippen LogP contribution is 2.30. The minimum absolute atomic E-state index is 0.0227. The zero-order valence-corrected chi connectivity index (χ0v) is 24.3. The van der Waals surface area contributed by atoms with E-state index < -0.39 is 6.04 Å². The van der Waals surface area contributed by atoms with Crippen molar-refractivity contribution in [2.45, 2.75) is 32.4 Å². The second kappa shape index (κ2) is 11.9. The number of likely N-dealkylation sites (N-methyl/N-ethyl adjacent to an activating group) is 1. The van der Waals surface area contributed by atoms with Crippen LogP contribution < -0.4 is 16.6 Å². The van der Waals surface area contributed by atoms with Gasteiger partial charge in [-0.3, -0.25) is 14.3 Å². The second-order valence-electron chi connectivity index (χ2n) is 10.9. The SMILES string of the molecule is Cc1cc(C(Nc2ccc3cc[nH]c(=O)c3c2)C(=O)N(C)Cc2cc(N)ccc2-c2cnn(C)c2)ccc1[C@@H](C)CO. The zero-order chi connectivity index (χ0) is 30.0. The van der Waals surface area contributed by atoms with E-state index in [-0.39, 0.29) is 24.0 Å². The van der Waals surface area contributed by atoms with Gasteiger partial charge in [-0.1, -0.05) is 37.3 Å². The monoisotopic (exact) mass is 564 g/mol. The van der Waals surface area contributed by atoms with Crippen molar-refractivity contribution in [1.29, 1.82) is 0 Å². The summed E-state index contributed by atoms with van der Waals surface area (Å²) < 4.78 is 1.74. The van der Waals surface area contributed by atoms with E-state index in [0.717, 1.165) is 38.8 Å². The molecule has 5 aromatic rings. The number of amides is 1. The number of aliphatic hydroxyl groups is 1. The third kappa shape index (κ3) is 5.91. The Bertz CT molecular complexity index is 1810. The molecule has 0 saturated heterocycles. The first kappa shape index (κ1) is 28.6. The summed E-state index contributed by atoms with van der Waals surface area (Å²) >= 11 is 0. The van der Waals surface area contributed by atoms with Gasteiger partial charge in [0.25, 0.3) is 5.56 Å². The molecule has 0 spiro atoms. The number of nitrogens with two attached hydrogens (primary N) is 1. The molecule has 0 fully saturated rings. The smallest absolute Gasteiger partial charge is 0.255 e. The van der Waals surface area contributed by atoms with Gasteiger partial charge in [0, 0.05) is 67.9 Å². The molecule has 9 nitrogen and oxygen atoms in total. The molecule has 0 aliphatic rings. The van der Waals surface area contributed by atoms with Crippen molar-refractivity contribution in [3.05, 3.63) is 112 Å². The number of anilines is 2. The molecule has 0 bridgehead atoms. The number of hydrogen-bond acceptors (Lipinski definition) is 6. The molecule has 0 radical (unpaired) electrons. The number of aromatic amines is 1. The van der Waals surface area contributed by atoms with E-state index in [0.29, 0.717) is 23.3 Å². The van der Waals surface area contributed by atoms with Gasteiger partial charge in [0.05, 0.1) is 6.20 Å². The molecule has 1 unspecified atom stereocenters. The van der Waals surface area contributed by atoms with E-state index in [2.05, 4.69) is 15.4 Å². The van der Waals surface area contributed by atoms with Gasteiger partial charge < -0.3 is 26.0 Å². The summed E-state index contributed by atoms with van der Waals surface area (Å²) in [6.07, 6.45) is 5.34. The average Bonchev–Trinajstić information content (AvgIpc) is 3.41. The van der Waals surface area contributed by atoms with E-state index in [1.165, 1.54) is 0 Å². The Labute approximate surface area is 244 Å². The van der Waals surface area contributed by atoms with Crippen molar-refractivity contribution < 1.29 is 9.90 Å². The van der Waals surface area contributed by atoms with Crippen LogP contribution in [0.25, 0.3) is 21.9 Å². The van der Waals surface area contributed by atoms with Crippen LogP contribution in [0.4, 0.5) is 11.4 Å². The van der Waals surface area contributed by atoms with Gasteiger partial charge in [0.1, 0.15) is 6.04 Å². The summed E-state index contributed by atoms with van der Waals surface area (Å²) in [5, 5.41) is 18.8. The van der Waals surface area contributed by atoms with Gasteiger partial charge in [-0.15, -0.1) is 0 Å². The highest BCUT2D eigenvalue weighted by Gasteiger charge is 2.26. The van der Waals surface area contributed by atoms with E-state index in [1.807, 2.05) is 81.7 Å². The maximum atomic E-state index is 14.2. The molecule has 0 aliphatic carbocycles. The number of hydrogen-bond donors (Lipinski definition) is 4.